The molecule has 12 heteroatoms. The molecule has 0 N–H and O–H groups in total. The Morgan fingerprint density at radius 2 is 1.07 bits per heavy atom. The molecule has 0 amide bonds. The maximum absolute atomic E-state index is 12.5. The van der Waals surface area contributed by atoms with E-state index in [2.05, 4.69) is 49.6 Å². The molecule has 5 aromatic carbocycles. The van der Waals surface area contributed by atoms with E-state index in [9.17, 15) is 19.2 Å². The molecule has 0 atom stereocenters. The first-order valence-corrected chi connectivity index (χ1v) is 18.2. The highest BCUT2D eigenvalue weighted by molar-refractivity contribution is 7.98. The number of rotatable bonds is 14. The number of esters is 2. The Labute approximate surface area is 321 Å². The van der Waals surface area contributed by atoms with Gasteiger partial charge in [-0.05, 0) is 98.9 Å². The monoisotopic (exact) mass is 760 g/mol. The molecule has 1 aliphatic rings. The largest absolute Gasteiger partial charge is 0.513 e. The quantitative estimate of drug-likeness (QED) is 0.0264. The number of hydrogen-bond donors (Lipinski definition) is 0. The second kappa shape index (κ2) is 17.1. The minimum Gasteiger partial charge on any atom is -0.496 e. The predicted molar refractivity (Wildman–Crippen MR) is 206 cm³/mol. The van der Waals surface area contributed by atoms with Gasteiger partial charge in [0.1, 0.15) is 43.7 Å². The lowest BCUT2D eigenvalue weighted by atomic mass is 9.67. The number of carbonyl (C=O) groups excluding carboxylic acids is 4. The van der Waals surface area contributed by atoms with Gasteiger partial charge in [0.05, 0.1) is 12.5 Å². The summed E-state index contributed by atoms with van der Waals surface area (Å²) in [6.07, 6.45) is 2.12. The van der Waals surface area contributed by atoms with Gasteiger partial charge < -0.3 is 33.2 Å². The van der Waals surface area contributed by atoms with Crippen LogP contribution >= 0.6 is 11.8 Å². The molecule has 0 aliphatic heterocycles. The smallest absolute Gasteiger partial charge is 0.496 e. The van der Waals surface area contributed by atoms with Crippen molar-refractivity contribution in [3.8, 4) is 28.4 Å². The van der Waals surface area contributed by atoms with Crippen LogP contribution in [0.25, 0.3) is 21.9 Å². The average Bonchev–Trinajstić information content (AvgIpc) is 3.48. The highest BCUT2D eigenvalue weighted by Gasteiger charge is 2.47. The van der Waals surface area contributed by atoms with Crippen LogP contribution in [0.5, 0.6) is 17.2 Å². The lowest BCUT2D eigenvalue weighted by molar-refractivity contribution is -0.139. The maximum atomic E-state index is 12.5. The molecule has 0 fully saturated rings. The zero-order chi connectivity index (χ0) is 39.0. The van der Waals surface area contributed by atoms with Gasteiger partial charge in [-0.3, -0.25) is 0 Å². The molecule has 0 heterocycles. The topological polar surface area (TPSA) is 133 Å². The third-order valence-electron chi connectivity index (χ3n) is 8.91. The molecule has 0 spiro atoms. The predicted octanol–water partition coefficient (Wildman–Crippen LogP) is 8.42. The van der Waals surface area contributed by atoms with E-state index >= 15 is 0 Å². The van der Waals surface area contributed by atoms with Gasteiger partial charge >= 0.3 is 24.2 Å². The first kappa shape index (κ1) is 38.2. The van der Waals surface area contributed by atoms with Crippen LogP contribution in [0.2, 0.25) is 0 Å². The van der Waals surface area contributed by atoms with Crippen molar-refractivity contribution in [2.24, 2.45) is 0 Å². The summed E-state index contributed by atoms with van der Waals surface area (Å²) in [5.74, 6) is -0.0770. The van der Waals surface area contributed by atoms with Gasteiger partial charge in [0.2, 0.25) is 0 Å². The van der Waals surface area contributed by atoms with Crippen LogP contribution in [-0.4, -0.2) is 64.0 Å². The van der Waals surface area contributed by atoms with Gasteiger partial charge in [-0.15, -0.1) is 11.8 Å². The molecule has 5 aromatic rings. The molecular formula is C43H36O11S. The van der Waals surface area contributed by atoms with Crippen molar-refractivity contribution in [1.29, 1.82) is 0 Å². The minimum atomic E-state index is -0.957. The Balaban J connectivity index is 1.41. The molecule has 0 bridgehead atoms. The molecule has 11 nitrogen and oxygen atoms in total. The highest BCUT2D eigenvalue weighted by Crippen LogP contribution is 2.58. The summed E-state index contributed by atoms with van der Waals surface area (Å²) < 4.78 is 36.6. The molecule has 6 rings (SSSR count). The number of ether oxygens (including phenoxy) is 7. The lowest BCUT2D eigenvalue weighted by Crippen LogP contribution is -2.28. The van der Waals surface area contributed by atoms with E-state index in [0.29, 0.717) is 5.75 Å². The van der Waals surface area contributed by atoms with E-state index < -0.39 is 29.7 Å². The Morgan fingerprint density at radius 3 is 1.55 bits per heavy atom. The number of thioether (sulfide) groups is 1. The second-order valence-electron chi connectivity index (χ2n) is 11.9. The fourth-order valence-corrected chi connectivity index (χ4v) is 7.15. The zero-order valence-electron chi connectivity index (χ0n) is 30.0. The highest BCUT2D eigenvalue weighted by atomic mass is 32.2. The third-order valence-corrected chi connectivity index (χ3v) is 9.67. The van der Waals surface area contributed by atoms with E-state index in [1.54, 1.807) is 43.1 Å². The van der Waals surface area contributed by atoms with E-state index in [4.69, 9.17) is 33.2 Å². The molecule has 280 valence electrons. The summed E-state index contributed by atoms with van der Waals surface area (Å²) >= 11 is 1.59. The van der Waals surface area contributed by atoms with E-state index in [0.717, 1.165) is 61.2 Å². The van der Waals surface area contributed by atoms with Crippen LogP contribution in [0.4, 0.5) is 9.59 Å². The average molecular weight is 761 g/mol. The van der Waals surface area contributed by atoms with Crippen molar-refractivity contribution in [2.75, 3.05) is 39.8 Å². The molecule has 0 aromatic heterocycles. The molecule has 0 unspecified atom stereocenters. The summed E-state index contributed by atoms with van der Waals surface area (Å²) in [6.45, 7) is 5.98. The van der Waals surface area contributed by atoms with Crippen molar-refractivity contribution in [3.63, 3.8) is 0 Å². The van der Waals surface area contributed by atoms with Crippen LogP contribution in [0.1, 0.15) is 22.3 Å². The van der Waals surface area contributed by atoms with Crippen molar-refractivity contribution >= 4 is 46.8 Å². The van der Waals surface area contributed by atoms with Gasteiger partial charge in [0.15, 0.2) is 0 Å². The van der Waals surface area contributed by atoms with E-state index in [-0.39, 0.29) is 37.9 Å². The number of fused-ring (bicyclic) bond motifs is 4. The Morgan fingerprint density at radius 1 is 0.618 bits per heavy atom. The van der Waals surface area contributed by atoms with E-state index in [1.807, 2.05) is 42.7 Å². The third kappa shape index (κ3) is 8.04. The fraction of sp³-hybridized carbons (Fsp3) is 0.163. The maximum Gasteiger partial charge on any atom is 0.513 e. The van der Waals surface area contributed by atoms with Crippen LogP contribution in [0, 0.1) is 0 Å². The SMILES string of the molecule is C=CC(=O)OCCOC(=O)Oc1ccc(C2(c3ccc(OC(=O)OCCOC(=O)C=C)cc3)c3cc(OC)c(SC)cc3-c3cc4ccccc4cc32)cc1. The van der Waals surface area contributed by atoms with Crippen molar-refractivity contribution < 1.29 is 52.3 Å². The van der Waals surface area contributed by atoms with Crippen molar-refractivity contribution in [3.05, 3.63) is 145 Å². The van der Waals surface area contributed by atoms with Gasteiger partial charge in [-0.25, -0.2) is 19.2 Å². The van der Waals surface area contributed by atoms with Gasteiger partial charge in [-0.1, -0.05) is 61.7 Å². The van der Waals surface area contributed by atoms with Crippen molar-refractivity contribution in [1.82, 2.24) is 0 Å². The van der Waals surface area contributed by atoms with Gasteiger partial charge in [-0.2, -0.15) is 0 Å². The summed E-state index contributed by atoms with van der Waals surface area (Å²) in [5.41, 5.74) is 4.78. The van der Waals surface area contributed by atoms with Crippen LogP contribution < -0.4 is 14.2 Å². The first-order valence-electron chi connectivity index (χ1n) is 17.0. The summed E-state index contributed by atoms with van der Waals surface area (Å²) in [5, 5.41) is 2.12. The summed E-state index contributed by atoms with van der Waals surface area (Å²) in [6, 6.07) is 31.0. The van der Waals surface area contributed by atoms with Gasteiger partial charge in [0.25, 0.3) is 0 Å². The standard InChI is InChI=1S/C43H36O11S/c1-5-39(44)49-19-21-51-41(46)53-31-15-11-29(12-16-31)43(30-13-17-32(18-14-30)54-42(47)52-22-20-50-40(45)6-2)35-24-28-10-8-7-9-27(28)23-33(35)34-25-38(55-4)37(48-3)26-36(34)43/h5-18,23-26H,1-2,19-22H2,3-4H3. The van der Waals surface area contributed by atoms with Crippen LogP contribution in [0.15, 0.2) is 127 Å². The number of methoxy groups -OCH3 is 1. The van der Waals surface area contributed by atoms with Crippen molar-refractivity contribution in [2.45, 2.75) is 10.3 Å². The van der Waals surface area contributed by atoms with Crippen LogP contribution in [-0.2, 0) is 34.0 Å². The molecular weight excluding hydrogens is 725 g/mol. The Bertz CT molecular complexity index is 2180. The molecule has 0 saturated carbocycles. The first-order chi connectivity index (χ1) is 26.7. The van der Waals surface area contributed by atoms with Gasteiger partial charge in [0, 0.05) is 17.0 Å². The fourth-order valence-electron chi connectivity index (χ4n) is 6.57. The molecule has 1 aliphatic carbocycles. The molecule has 55 heavy (non-hydrogen) atoms. The van der Waals surface area contributed by atoms with E-state index in [1.165, 1.54) is 0 Å². The minimum absolute atomic E-state index is 0.144. The summed E-state index contributed by atoms with van der Waals surface area (Å²) in [4.78, 5) is 48.5. The second-order valence-corrected chi connectivity index (χ2v) is 12.8. The molecule has 0 saturated heterocycles. The zero-order valence-corrected chi connectivity index (χ0v) is 30.9. The molecule has 0 radical (unpaired) electrons. The lowest BCUT2D eigenvalue weighted by Gasteiger charge is -2.34. The normalized spacial score (nSPS) is 12.0. The Hall–Kier alpha value is -6.53. The number of benzene rings is 5. The van der Waals surface area contributed by atoms with Crippen LogP contribution in [0.3, 0.4) is 0 Å². The number of carbonyl (C=O) groups is 4. The summed E-state index contributed by atoms with van der Waals surface area (Å²) in [7, 11) is 1.64. The number of hydrogen-bond acceptors (Lipinski definition) is 12. The Kier molecular flexibility index (Phi) is 11.9.